The van der Waals surface area contributed by atoms with E-state index in [1.165, 1.54) is 24.1 Å². The summed E-state index contributed by atoms with van der Waals surface area (Å²) in [6.45, 7) is 2.38. The standard InChI is InChI=1S/C23H25F5N4O4S/c1-5-36-21-8-15-11-32(22(29)18(15)10-19(21)23(35)30-3)12-20(34)14-6-16(31(4)13(2)33)9-17(7-14)37(24,25,26,27)28/h6-10,29H,5,11-12H2,1-4H3,(H,30,35). The van der Waals surface area contributed by atoms with Crippen molar-refractivity contribution in [3.05, 3.63) is 52.6 Å². The monoisotopic (exact) mass is 548 g/mol. The van der Waals surface area contributed by atoms with Gasteiger partial charge in [-0.25, -0.2) is 0 Å². The second kappa shape index (κ2) is 8.71. The molecular weight excluding hydrogens is 523 g/mol. The highest BCUT2D eigenvalue weighted by Crippen LogP contribution is 3.02. The number of fused-ring (bicyclic) bond motifs is 1. The Balaban J connectivity index is 1.98. The smallest absolute Gasteiger partial charge is 0.310 e. The number of anilines is 1. The molecule has 0 saturated carbocycles. The molecule has 14 heteroatoms. The third-order valence-electron chi connectivity index (χ3n) is 5.76. The Morgan fingerprint density at radius 3 is 2.30 bits per heavy atom. The summed E-state index contributed by atoms with van der Waals surface area (Å²) in [5.74, 6) is -2.10. The van der Waals surface area contributed by atoms with E-state index in [0.29, 0.717) is 16.0 Å². The number of carbonyl (C=O) groups excluding carboxylic acids is 3. The minimum absolute atomic E-state index is 0.00451. The van der Waals surface area contributed by atoms with E-state index in [2.05, 4.69) is 5.32 Å². The molecule has 2 aromatic carbocycles. The van der Waals surface area contributed by atoms with Crippen LogP contribution in [0.2, 0.25) is 0 Å². The predicted molar refractivity (Wildman–Crippen MR) is 129 cm³/mol. The van der Waals surface area contributed by atoms with E-state index >= 15 is 0 Å². The Labute approximate surface area is 209 Å². The average molecular weight is 549 g/mol. The molecule has 2 amide bonds. The van der Waals surface area contributed by atoms with Gasteiger partial charge in [0, 0.05) is 44.4 Å². The van der Waals surface area contributed by atoms with Crippen molar-refractivity contribution in [2.45, 2.75) is 25.3 Å². The van der Waals surface area contributed by atoms with Gasteiger partial charge in [-0.05, 0) is 42.8 Å². The fourth-order valence-corrected chi connectivity index (χ4v) is 4.45. The molecule has 0 fully saturated rings. The number of ketones is 1. The van der Waals surface area contributed by atoms with Crippen LogP contribution in [0.5, 0.6) is 5.75 Å². The van der Waals surface area contributed by atoms with Crippen molar-refractivity contribution in [3.8, 4) is 5.75 Å². The molecule has 1 aliphatic rings. The maximum absolute atomic E-state index is 13.6. The summed E-state index contributed by atoms with van der Waals surface area (Å²) in [6.07, 6.45) is 0. The average Bonchev–Trinajstić information content (AvgIpc) is 3.09. The maximum atomic E-state index is 13.6. The summed E-state index contributed by atoms with van der Waals surface area (Å²) in [7, 11) is -7.68. The summed E-state index contributed by atoms with van der Waals surface area (Å²) < 4.78 is 73.6. The molecule has 202 valence electrons. The Kier molecular flexibility index (Phi) is 6.57. The second-order valence-corrected chi connectivity index (χ2v) is 10.8. The van der Waals surface area contributed by atoms with Gasteiger partial charge in [0.15, 0.2) is 5.78 Å². The number of rotatable bonds is 8. The maximum Gasteiger partial charge on any atom is 0.310 e. The molecule has 2 aromatic rings. The number of amides is 2. The highest BCUT2D eigenvalue weighted by Gasteiger charge is 2.65. The van der Waals surface area contributed by atoms with Crippen LogP contribution in [0.25, 0.3) is 0 Å². The molecule has 0 atom stereocenters. The number of amidine groups is 1. The molecule has 0 aromatic heterocycles. The Morgan fingerprint density at radius 2 is 1.76 bits per heavy atom. The zero-order chi connectivity index (χ0) is 28.0. The van der Waals surface area contributed by atoms with Gasteiger partial charge in [0.2, 0.25) is 5.91 Å². The van der Waals surface area contributed by atoms with E-state index in [9.17, 15) is 33.8 Å². The lowest BCUT2D eigenvalue weighted by molar-refractivity contribution is -0.116. The quantitative estimate of drug-likeness (QED) is 0.353. The van der Waals surface area contributed by atoms with Crippen molar-refractivity contribution in [2.24, 2.45) is 0 Å². The van der Waals surface area contributed by atoms with Crippen LogP contribution < -0.4 is 15.0 Å². The van der Waals surface area contributed by atoms with E-state index in [-0.39, 0.29) is 42.4 Å². The van der Waals surface area contributed by atoms with E-state index in [0.717, 1.165) is 20.0 Å². The van der Waals surface area contributed by atoms with E-state index < -0.39 is 50.5 Å². The van der Waals surface area contributed by atoms with Crippen molar-refractivity contribution in [1.29, 1.82) is 5.41 Å². The van der Waals surface area contributed by atoms with Gasteiger partial charge >= 0.3 is 10.2 Å². The molecule has 37 heavy (non-hydrogen) atoms. The molecule has 1 aliphatic heterocycles. The van der Waals surface area contributed by atoms with Gasteiger partial charge in [0.1, 0.15) is 16.5 Å². The number of hydrogen-bond acceptors (Lipinski definition) is 5. The van der Waals surface area contributed by atoms with Gasteiger partial charge in [0.25, 0.3) is 5.91 Å². The second-order valence-electron chi connectivity index (χ2n) is 8.41. The zero-order valence-electron chi connectivity index (χ0n) is 20.3. The highest BCUT2D eigenvalue weighted by atomic mass is 32.5. The number of nitrogens with one attached hydrogen (secondary N) is 2. The highest BCUT2D eigenvalue weighted by molar-refractivity contribution is 8.45. The Bertz CT molecular complexity index is 1330. The summed E-state index contributed by atoms with van der Waals surface area (Å²) in [4.78, 5) is 36.6. The van der Waals surface area contributed by atoms with Gasteiger partial charge in [0.05, 0.1) is 18.7 Å². The molecule has 2 N–H and O–H groups in total. The molecule has 3 rings (SSSR count). The van der Waals surface area contributed by atoms with Gasteiger partial charge in [-0.2, -0.15) is 0 Å². The minimum atomic E-state index is -10.2. The van der Waals surface area contributed by atoms with Gasteiger partial charge in [-0.15, -0.1) is 0 Å². The minimum Gasteiger partial charge on any atom is -0.493 e. The molecule has 0 bridgehead atoms. The van der Waals surface area contributed by atoms with Crippen LogP contribution in [0.4, 0.5) is 25.1 Å². The number of halogens is 5. The van der Waals surface area contributed by atoms with Crippen molar-refractivity contribution >= 4 is 39.3 Å². The summed E-state index contributed by atoms with van der Waals surface area (Å²) in [5.41, 5.74) is -0.225. The first-order valence-corrected chi connectivity index (χ1v) is 12.8. The number of ether oxygens (including phenoxy) is 1. The normalized spacial score (nSPS) is 14.9. The SMILES string of the molecule is CCOc1cc2c(cc1C(=O)NC)C(=N)N(CC(=O)c1cc(N(C)C(C)=O)cc(S(F)(F)(F)(F)F)c1)C2. The number of benzene rings is 2. The van der Waals surface area contributed by atoms with Crippen LogP contribution in [0.15, 0.2) is 35.2 Å². The lowest BCUT2D eigenvalue weighted by Crippen LogP contribution is -2.30. The van der Waals surface area contributed by atoms with E-state index in [4.69, 9.17) is 10.1 Å². The summed E-state index contributed by atoms with van der Waals surface area (Å²) >= 11 is 0. The molecule has 0 unspecified atom stereocenters. The third kappa shape index (κ3) is 5.84. The van der Waals surface area contributed by atoms with Crippen LogP contribution >= 0.6 is 10.2 Å². The lowest BCUT2D eigenvalue weighted by Gasteiger charge is -2.41. The van der Waals surface area contributed by atoms with E-state index in [1.54, 1.807) is 6.92 Å². The molecule has 0 spiro atoms. The Hall–Kier alpha value is -3.68. The number of nitrogens with zero attached hydrogens (tertiary/aromatic N) is 2. The molecule has 8 nitrogen and oxygen atoms in total. The molecule has 1 heterocycles. The van der Waals surface area contributed by atoms with Gasteiger partial charge in [-0.3, -0.25) is 19.8 Å². The third-order valence-corrected chi connectivity index (χ3v) is 6.89. The van der Waals surface area contributed by atoms with Crippen molar-refractivity contribution < 1.29 is 38.5 Å². The summed E-state index contributed by atoms with van der Waals surface area (Å²) in [6, 6.07) is 4.06. The summed E-state index contributed by atoms with van der Waals surface area (Å²) in [5, 5.41) is 10.9. The van der Waals surface area contributed by atoms with Crippen molar-refractivity contribution in [1.82, 2.24) is 10.2 Å². The molecule has 0 radical (unpaired) electrons. The van der Waals surface area contributed by atoms with Gasteiger partial charge < -0.3 is 19.9 Å². The molecule has 0 aliphatic carbocycles. The lowest BCUT2D eigenvalue weighted by atomic mass is 10.0. The fourth-order valence-electron chi connectivity index (χ4n) is 3.76. The van der Waals surface area contributed by atoms with Crippen LogP contribution in [0, 0.1) is 5.41 Å². The first kappa shape index (κ1) is 27.9. The van der Waals surface area contributed by atoms with Crippen molar-refractivity contribution in [2.75, 3.05) is 32.1 Å². The fraction of sp³-hybridized carbons (Fsp3) is 0.304. The van der Waals surface area contributed by atoms with E-state index in [1.807, 2.05) is 0 Å². The van der Waals surface area contributed by atoms with Crippen LogP contribution in [0.1, 0.15) is 45.7 Å². The van der Waals surface area contributed by atoms with Gasteiger partial charge in [-0.1, -0.05) is 19.4 Å². The largest absolute Gasteiger partial charge is 0.493 e. The van der Waals surface area contributed by atoms with Crippen molar-refractivity contribution in [3.63, 3.8) is 0 Å². The predicted octanol–water partition coefficient (Wildman–Crippen LogP) is 5.11. The topological polar surface area (TPSA) is 103 Å². The zero-order valence-corrected chi connectivity index (χ0v) is 21.2. The first-order valence-electron chi connectivity index (χ1n) is 10.9. The van der Waals surface area contributed by atoms with Crippen LogP contribution in [-0.4, -0.2) is 55.6 Å². The van der Waals surface area contributed by atoms with Crippen LogP contribution in [-0.2, 0) is 11.3 Å². The molecule has 0 saturated heterocycles. The molecular formula is C23H25F5N4O4S. The number of Topliss-reactive ketones (excluding diaryl/α,β-unsaturated/α-hetero) is 1. The van der Waals surface area contributed by atoms with Crippen LogP contribution in [0.3, 0.4) is 0 Å². The number of hydrogen-bond donors (Lipinski definition) is 2. The first-order chi connectivity index (χ1) is 16.9. The Morgan fingerprint density at radius 1 is 1.11 bits per heavy atom. The number of carbonyl (C=O) groups is 3.